The van der Waals surface area contributed by atoms with E-state index in [4.69, 9.17) is 9.15 Å². The summed E-state index contributed by atoms with van der Waals surface area (Å²) in [5, 5.41) is 3.32. The van der Waals surface area contributed by atoms with Crippen LogP contribution in [0.2, 0.25) is 0 Å². The van der Waals surface area contributed by atoms with Gasteiger partial charge in [0.15, 0.2) is 0 Å². The maximum atomic E-state index is 5.90. The van der Waals surface area contributed by atoms with Crippen molar-refractivity contribution < 1.29 is 9.15 Å². The van der Waals surface area contributed by atoms with Crippen LogP contribution >= 0.6 is 0 Å². The standard InChI is InChI=1S/C11H17NO2/c1-9(11-3-2-8-13-11)14-10-4-6-12-7-5-10/h2-3,8-10,12H,4-7H2,1H3. The van der Waals surface area contributed by atoms with Gasteiger partial charge in [0.1, 0.15) is 11.9 Å². The molecule has 3 heteroatoms. The first kappa shape index (κ1) is 9.74. The molecule has 0 aromatic carbocycles. The van der Waals surface area contributed by atoms with E-state index in [1.54, 1.807) is 6.26 Å². The zero-order chi connectivity index (χ0) is 9.80. The summed E-state index contributed by atoms with van der Waals surface area (Å²) in [5.74, 6) is 0.920. The van der Waals surface area contributed by atoms with Crippen molar-refractivity contribution in [3.63, 3.8) is 0 Å². The van der Waals surface area contributed by atoms with Crippen LogP contribution in [0.5, 0.6) is 0 Å². The van der Waals surface area contributed by atoms with Crippen molar-refractivity contribution in [1.29, 1.82) is 0 Å². The molecule has 1 saturated heterocycles. The molecule has 14 heavy (non-hydrogen) atoms. The summed E-state index contributed by atoms with van der Waals surface area (Å²) in [6.07, 6.45) is 4.36. The molecule has 1 aliphatic rings. The molecule has 1 N–H and O–H groups in total. The van der Waals surface area contributed by atoms with E-state index in [0.717, 1.165) is 31.7 Å². The average Bonchev–Trinajstić information content (AvgIpc) is 2.72. The highest BCUT2D eigenvalue weighted by Gasteiger charge is 2.18. The van der Waals surface area contributed by atoms with E-state index < -0.39 is 0 Å². The van der Waals surface area contributed by atoms with Gasteiger partial charge in [0.25, 0.3) is 0 Å². The molecule has 2 heterocycles. The van der Waals surface area contributed by atoms with Gasteiger partial charge in [-0.25, -0.2) is 0 Å². The first-order valence-electron chi connectivity index (χ1n) is 5.26. The van der Waals surface area contributed by atoms with Crippen LogP contribution in [-0.4, -0.2) is 19.2 Å². The molecule has 1 aromatic heterocycles. The van der Waals surface area contributed by atoms with Gasteiger partial charge in [-0.15, -0.1) is 0 Å². The number of rotatable bonds is 3. The van der Waals surface area contributed by atoms with Gasteiger partial charge in [-0.05, 0) is 45.0 Å². The van der Waals surface area contributed by atoms with Crippen molar-refractivity contribution in [3.05, 3.63) is 24.2 Å². The quantitative estimate of drug-likeness (QED) is 0.802. The van der Waals surface area contributed by atoms with Crippen molar-refractivity contribution in [2.75, 3.05) is 13.1 Å². The van der Waals surface area contributed by atoms with Crippen LogP contribution < -0.4 is 5.32 Å². The minimum absolute atomic E-state index is 0.0769. The highest BCUT2D eigenvalue weighted by atomic mass is 16.5. The van der Waals surface area contributed by atoms with E-state index in [1.165, 1.54) is 0 Å². The molecule has 0 radical (unpaired) electrons. The number of nitrogens with one attached hydrogen (secondary N) is 1. The van der Waals surface area contributed by atoms with Gasteiger partial charge >= 0.3 is 0 Å². The Morgan fingerprint density at radius 2 is 2.29 bits per heavy atom. The summed E-state index contributed by atoms with van der Waals surface area (Å²) >= 11 is 0. The smallest absolute Gasteiger partial charge is 0.132 e. The summed E-state index contributed by atoms with van der Waals surface area (Å²) < 4.78 is 11.2. The molecule has 0 aliphatic carbocycles. The summed E-state index contributed by atoms with van der Waals surface area (Å²) in [6, 6.07) is 3.86. The van der Waals surface area contributed by atoms with Gasteiger partial charge < -0.3 is 14.5 Å². The lowest BCUT2D eigenvalue weighted by Crippen LogP contribution is -2.32. The summed E-state index contributed by atoms with van der Waals surface area (Å²) in [7, 11) is 0. The second-order valence-electron chi connectivity index (χ2n) is 3.74. The minimum Gasteiger partial charge on any atom is -0.467 e. The summed E-state index contributed by atoms with van der Waals surface area (Å²) in [6.45, 7) is 4.17. The van der Waals surface area contributed by atoms with Crippen molar-refractivity contribution in [1.82, 2.24) is 5.32 Å². The van der Waals surface area contributed by atoms with Crippen LogP contribution in [0.1, 0.15) is 31.6 Å². The van der Waals surface area contributed by atoms with Crippen molar-refractivity contribution in [3.8, 4) is 0 Å². The lowest BCUT2D eigenvalue weighted by atomic mass is 10.1. The van der Waals surface area contributed by atoms with Crippen LogP contribution in [-0.2, 0) is 4.74 Å². The monoisotopic (exact) mass is 195 g/mol. The highest BCUT2D eigenvalue weighted by molar-refractivity contribution is 5.01. The Balaban J connectivity index is 1.84. The number of ether oxygens (including phenoxy) is 1. The number of hydrogen-bond donors (Lipinski definition) is 1. The maximum Gasteiger partial charge on any atom is 0.132 e. The number of hydrogen-bond acceptors (Lipinski definition) is 3. The van der Waals surface area contributed by atoms with E-state index in [-0.39, 0.29) is 6.10 Å². The molecule has 1 aromatic rings. The van der Waals surface area contributed by atoms with Crippen LogP contribution in [0.15, 0.2) is 22.8 Å². The zero-order valence-corrected chi connectivity index (χ0v) is 8.53. The Kier molecular flexibility index (Phi) is 3.22. The Hall–Kier alpha value is -0.800. The lowest BCUT2D eigenvalue weighted by molar-refractivity contribution is -0.0280. The second kappa shape index (κ2) is 4.62. The fourth-order valence-electron chi connectivity index (χ4n) is 1.81. The maximum absolute atomic E-state index is 5.90. The fourth-order valence-corrected chi connectivity index (χ4v) is 1.81. The molecule has 0 spiro atoms. The molecule has 3 nitrogen and oxygen atoms in total. The Labute approximate surface area is 84.4 Å². The fraction of sp³-hybridized carbons (Fsp3) is 0.636. The normalized spacial score (nSPS) is 20.9. The SMILES string of the molecule is CC(OC1CCNCC1)c1ccco1. The third-order valence-corrected chi connectivity index (χ3v) is 2.63. The van der Waals surface area contributed by atoms with Crippen LogP contribution in [0.25, 0.3) is 0 Å². The van der Waals surface area contributed by atoms with Gasteiger partial charge in [-0.2, -0.15) is 0 Å². The molecule has 0 amide bonds. The van der Waals surface area contributed by atoms with Gasteiger partial charge in [0, 0.05) is 0 Å². The first-order valence-corrected chi connectivity index (χ1v) is 5.26. The predicted octanol–water partition coefficient (Wildman–Crippen LogP) is 2.11. The lowest BCUT2D eigenvalue weighted by Gasteiger charge is -2.25. The predicted molar refractivity (Wildman–Crippen MR) is 54.1 cm³/mol. The van der Waals surface area contributed by atoms with Gasteiger partial charge in [0.2, 0.25) is 0 Å². The Bertz CT molecular complexity index is 252. The third kappa shape index (κ3) is 2.36. The molecular weight excluding hydrogens is 178 g/mol. The summed E-state index contributed by atoms with van der Waals surface area (Å²) in [4.78, 5) is 0. The largest absolute Gasteiger partial charge is 0.467 e. The van der Waals surface area contributed by atoms with E-state index in [2.05, 4.69) is 5.32 Å². The Morgan fingerprint density at radius 1 is 1.50 bits per heavy atom. The van der Waals surface area contributed by atoms with E-state index in [9.17, 15) is 0 Å². The van der Waals surface area contributed by atoms with Gasteiger partial charge in [-0.1, -0.05) is 0 Å². The average molecular weight is 195 g/mol. The van der Waals surface area contributed by atoms with Gasteiger partial charge in [0.05, 0.1) is 12.4 Å². The van der Waals surface area contributed by atoms with Crippen molar-refractivity contribution in [2.45, 2.75) is 32.0 Å². The number of piperidine rings is 1. The number of furan rings is 1. The Morgan fingerprint density at radius 3 is 2.93 bits per heavy atom. The van der Waals surface area contributed by atoms with Crippen molar-refractivity contribution in [2.24, 2.45) is 0 Å². The molecule has 1 aliphatic heterocycles. The van der Waals surface area contributed by atoms with E-state index in [1.807, 2.05) is 19.1 Å². The second-order valence-corrected chi connectivity index (χ2v) is 3.74. The topological polar surface area (TPSA) is 34.4 Å². The minimum atomic E-state index is 0.0769. The van der Waals surface area contributed by atoms with E-state index >= 15 is 0 Å². The molecule has 1 atom stereocenters. The molecular formula is C11H17NO2. The molecule has 78 valence electrons. The molecule has 0 bridgehead atoms. The zero-order valence-electron chi connectivity index (χ0n) is 8.53. The van der Waals surface area contributed by atoms with Crippen LogP contribution in [0.4, 0.5) is 0 Å². The van der Waals surface area contributed by atoms with Gasteiger partial charge in [-0.3, -0.25) is 0 Å². The highest BCUT2D eigenvalue weighted by Crippen LogP contribution is 2.21. The van der Waals surface area contributed by atoms with Crippen molar-refractivity contribution >= 4 is 0 Å². The van der Waals surface area contributed by atoms with Crippen LogP contribution in [0.3, 0.4) is 0 Å². The third-order valence-electron chi connectivity index (χ3n) is 2.63. The van der Waals surface area contributed by atoms with E-state index in [0.29, 0.717) is 6.10 Å². The molecule has 1 unspecified atom stereocenters. The molecule has 1 fully saturated rings. The summed E-state index contributed by atoms with van der Waals surface area (Å²) in [5.41, 5.74) is 0. The van der Waals surface area contributed by atoms with Crippen LogP contribution in [0, 0.1) is 0 Å². The first-order chi connectivity index (χ1) is 6.86. The molecule has 2 rings (SSSR count). The molecule has 0 saturated carbocycles.